The SMILES string of the molecule is CC/C=C\C/C=C\C/C=C\C/C=C\CCCCC(=O)OC(COC(=O)CCCCCCC/C=C\CCCCCCC)COC(=O)CCCCCCCCCCCCCCCCCCCCC. The number of carbonyl (C=O) groups excluding carboxylic acids is 3. The van der Waals surface area contributed by atoms with Crippen LogP contribution in [0.15, 0.2) is 60.8 Å². The molecule has 0 rings (SSSR count). The van der Waals surface area contributed by atoms with Gasteiger partial charge < -0.3 is 14.2 Å². The molecule has 0 saturated heterocycles. The summed E-state index contributed by atoms with van der Waals surface area (Å²) in [5.74, 6) is -0.931. The molecule has 6 heteroatoms. The van der Waals surface area contributed by atoms with Gasteiger partial charge in [-0.05, 0) is 83.5 Å². The summed E-state index contributed by atoms with van der Waals surface area (Å²) in [7, 11) is 0. The Labute approximate surface area is 409 Å². The molecule has 0 spiro atoms. The first-order chi connectivity index (χ1) is 32.5. The minimum absolute atomic E-state index is 0.0910. The van der Waals surface area contributed by atoms with Crippen molar-refractivity contribution >= 4 is 17.9 Å². The minimum atomic E-state index is -0.797. The average molecular weight is 924 g/mol. The standard InChI is InChI=1S/C60H106O6/c1-4-7-10-13-16-19-22-25-28-29-30-31-33-35-38-41-44-47-50-53-59(62)65-56-57(55-64-58(61)52-49-46-43-40-37-34-27-24-21-18-15-12-9-6-3)66-60(63)54-51-48-45-42-39-36-32-26-23-20-17-14-11-8-5-2/h8,11,17,20,24,26-27,32,39,42,57H,4-7,9-10,12-16,18-19,21-23,25,28-31,33-38,40-41,43-56H2,1-3H3/b11-8-,20-17-,27-24-,32-26-,42-39-. The maximum Gasteiger partial charge on any atom is 0.306 e. The van der Waals surface area contributed by atoms with Gasteiger partial charge in [0.25, 0.3) is 0 Å². The van der Waals surface area contributed by atoms with E-state index < -0.39 is 6.10 Å². The molecule has 0 aliphatic rings. The van der Waals surface area contributed by atoms with Crippen molar-refractivity contribution in [1.29, 1.82) is 0 Å². The summed E-state index contributed by atoms with van der Waals surface area (Å²) in [6.45, 7) is 6.50. The van der Waals surface area contributed by atoms with Gasteiger partial charge in [0.1, 0.15) is 13.2 Å². The van der Waals surface area contributed by atoms with Gasteiger partial charge >= 0.3 is 17.9 Å². The van der Waals surface area contributed by atoms with E-state index in [0.717, 1.165) is 83.5 Å². The fourth-order valence-electron chi connectivity index (χ4n) is 8.02. The Bertz CT molecular complexity index is 1200. The molecular formula is C60H106O6. The van der Waals surface area contributed by atoms with Crippen molar-refractivity contribution < 1.29 is 28.6 Å². The van der Waals surface area contributed by atoms with Crippen LogP contribution < -0.4 is 0 Å². The zero-order valence-electron chi connectivity index (χ0n) is 43.7. The Balaban J connectivity index is 4.39. The molecule has 382 valence electrons. The number of unbranched alkanes of at least 4 members (excludes halogenated alkanes) is 30. The van der Waals surface area contributed by atoms with E-state index in [1.807, 2.05) is 0 Å². The van der Waals surface area contributed by atoms with Gasteiger partial charge in [0.05, 0.1) is 0 Å². The Morgan fingerprint density at radius 1 is 0.318 bits per heavy atom. The van der Waals surface area contributed by atoms with Gasteiger partial charge in [-0.15, -0.1) is 0 Å². The lowest BCUT2D eigenvalue weighted by Crippen LogP contribution is -2.30. The molecule has 6 nitrogen and oxygen atoms in total. The molecule has 0 aromatic rings. The maximum atomic E-state index is 12.8. The van der Waals surface area contributed by atoms with Gasteiger partial charge in [0, 0.05) is 19.3 Å². The van der Waals surface area contributed by atoms with E-state index in [0.29, 0.717) is 19.3 Å². The molecule has 0 aromatic carbocycles. The second-order valence-electron chi connectivity index (χ2n) is 18.8. The molecule has 0 fully saturated rings. The largest absolute Gasteiger partial charge is 0.462 e. The van der Waals surface area contributed by atoms with Crippen LogP contribution in [0, 0.1) is 0 Å². The van der Waals surface area contributed by atoms with E-state index in [-0.39, 0.29) is 37.5 Å². The van der Waals surface area contributed by atoms with Crippen LogP contribution in [-0.2, 0) is 28.6 Å². The molecule has 0 amide bonds. The number of hydrogen-bond acceptors (Lipinski definition) is 6. The summed E-state index contributed by atoms with van der Waals surface area (Å²) in [5.41, 5.74) is 0. The second kappa shape index (κ2) is 54.7. The van der Waals surface area contributed by atoms with Crippen LogP contribution in [0.1, 0.15) is 284 Å². The van der Waals surface area contributed by atoms with E-state index in [9.17, 15) is 14.4 Å². The second-order valence-corrected chi connectivity index (χ2v) is 18.8. The number of ether oxygens (including phenoxy) is 3. The maximum absolute atomic E-state index is 12.8. The molecule has 1 atom stereocenters. The van der Waals surface area contributed by atoms with Crippen molar-refractivity contribution in [2.75, 3.05) is 13.2 Å². The number of allylic oxidation sites excluding steroid dienone is 10. The molecule has 0 radical (unpaired) electrons. The van der Waals surface area contributed by atoms with E-state index in [4.69, 9.17) is 14.2 Å². The Morgan fingerprint density at radius 2 is 0.591 bits per heavy atom. The topological polar surface area (TPSA) is 78.9 Å². The monoisotopic (exact) mass is 923 g/mol. The van der Waals surface area contributed by atoms with Gasteiger partial charge in [-0.3, -0.25) is 14.4 Å². The fraction of sp³-hybridized carbons (Fsp3) is 0.783. The summed E-state index contributed by atoms with van der Waals surface area (Å²) in [6, 6.07) is 0. The Kier molecular flexibility index (Phi) is 52.3. The van der Waals surface area contributed by atoms with E-state index in [1.54, 1.807) is 0 Å². The van der Waals surface area contributed by atoms with Crippen LogP contribution in [-0.4, -0.2) is 37.2 Å². The third kappa shape index (κ3) is 52.1. The molecular weight excluding hydrogens is 817 g/mol. The molecule has 0 saturated carbocycles. The van der Waals surface area contributed by atoms with E-state index >= 15 is 0 Å². The van der Waals surface area contributed by atoms with Crippen molar-refractivity contribution in [1.82, 2.24) is 0 Å². The quantitative estimate of drug-likeness (QED) is 0.0262. The highest BCUT2D eigenvalue weighted by molar-refractivity contribution is 5.71. The summed E-state index contributed by atoms with van der Waals surface area (Å²) in [5, 5.41) is 0. The lowest BCUT2D eigenvalue weighted by molar-refractivity contribution is -0.167. The number of carbonyl (C=O) groups is 3. The third-order valence-electron chi connectivity index (χ3n) is 12.3. The average Bonchev–Trinajstić information content (AvgIpc) is 3.31. The lowest BCUT2D eigenvalue weighted by atomic mass is 10.0. The molecule has 66 heavy (non-hydrogen) atoms. The van der Waals surface area contributed by atoms with E-state index in [1.165, 1.54) is 154 Å². The van der Waals surface area contributed by atoms with Crippen molar-refractivity contribution in [2.45, 2.75) is 290 Å². The highest BCUT2D eigenvalue weighted by atomic mass is 16.6. The fourth-order valence-corrected chi connectivity index (χ4v) is 8.02. The zero-order chi connectivity index (χ0) is 47.9. The van der Waals surface area contributed by atoms with Gasteiger partial charge in [0.2, 0.25) is 0 Å². The Morgan fingerprint density at radius 3 is 0.970 bits per heavy atom. The van der Waals surface area contributed by atoms with Crippen LogP contribution in [0.25, 0.3) is 0 Å². The van der Waals surface area contributed by atoms with Crippen LogP contribution in [0.2, 0.25) is 0 Å². The van der Waals surface area contributed by atoms with E-state index in [2.05, 4.69) is 81.5 Å². The highest BCUT2D eigenvalue weighted by Crippen LogP contribution is 2.16. The first-order valence-electron chi connectivity index (χ1n) is 28.3. The van der Waals surface area contributed by atoms with Crippen LogP contribution in [0.3, 0.4) is 0 Å². The van der Waals surface area contributed by atoms with Gasteiger partial charge in [-0.2, -0.15) is 0 Å². The third-order valence-corrected chi connectivity index (χ3v) is 12.3. The van der Waals surface area contributed by atoms with Crippen LogP contribution in [0.5, 0.6) is 0 Å². The highest BCUT2D eigenvalue weighted by Gasteiger charge is 2.19. The predicted octanol–water partition coefficient (Wildman–Crippen LogP) is 18.8. The first kappa shape index (κ1) is 63.1. The summed E-state index contributed by atoms with van der Waals surface area (Å²) >= 11 is 0. The molecule has 0 aliphatic heterocycles. The minimum Gasteiger partial charge on any atom is -0.462 e. The van der Waals surface area contributed by atoms with Crippen LogP contribution in [0.4, 0.5) is 0 Å². The molecule has 0 aromatic heterocycles. The number of esters is 3. The van der Waals surface area contributed by atoms with Crippen LogP contribution >= 0.6 is 0 Å². The smallest absolute Gasteiger partial charge is 0.306 e. The van der Waals surface area contributed by atoms with Gasteiger partial charge in [-0.25, -0.2) is 0 Å². The molecule has 0 heterocycles. The lowest BCUT2D eigenvalue weighted by Gasteiger charge is -2.18. The number of rotatable bonds is 51. The molecule has 0 N–H and O–H groups in total. The molecule has 0 aliphatic carbocycles. The van der Waals surface area contributed by atoms with Crippen molar-refractivity contribution in [2.24, 2.45) is 0 Å². The summed E-state index contributed by atoms with van der Waals surface area (Å²) < 4.78 is 16.8. The molecule has 0 bridgehead atoms. The van der Waals surface area contributed by atoms with Crippen molar-refractivity contribution in [3.05, 3.63) is 60.8 Å². The van der Waals surface area contributed by atoms with Crippen molar-refractivity contribution in [3.63, 3.8) is 0 Å². The molecule has 1 unspecified atom stereocenters. The van der Waals surface area contributed by atoms with Crippen molar-refractivity contribution in [3.8, 4) is 0 Å². The normalized spacial score (nSPS) is 12.5. The zero-order valence-corrected chi connectivity index (χ0v) is 43.7. The predicted molar refractivity (Wildman–Crippen MR) is 284 cm³/mol. The van der Waals surface area contributed by atoms with Gasteiger partial charge in [-0.1, -0.05) is 242 Å². The summed E-state index contributed by atoms with van der Waals surface area (Å²) in [6.07, 6.45) is 67.9. The number of hydrogen-bond donors (Lipinski definition) is 0. The van der Waals surface area contributed by atoms with Gasteiger partial charge in [0.15, 0.2) is 6.10 Å². The summed E-state index contributed by atoms with van der Waals surface area (Å²) in [4.78, 5) is 38.1. The Hall–Kier alpha value is -2.89. The first-order valence-corrected chi connectivity index (χ1v) is 28.3.